The Morgan fingerprint density at radius 3 is 2.81 bits per heavy atom. The monoisotopic (exact) mass is 365 g/mol. The van der Waals surface area contributed by atoms with E-state index in [1.165, 1.54) is 23.3 Å². The van der Waals surface area contributed by atoms with Crippen LogP contribution in [0.1, 0.15) is 22.0 Å². The standard InChI is InChI=1S/C20H16FN3OS/c1-12-6-7-13(2)16(8-12)17-11-26-19(22-17)10-18-23-20(24-25-18)14-4-3-5-15(21)9-14/h3-9,11H,10H2,1-2H3. The van der Waals surface area contributed by atoms with Gasteiger partial charge >= 0.3 is 0 Å². The highest BCUT2D eigenvalue weighted by molar-refractivity contribution is 7.10. The van der Waals surface area contributed by atoms with E-state index in [4.69, 9.17) is 9.51 Å². The average molecular weight is 365 g/mol. The van der Waals surface area contributed by atoms with Gasteiger partial charge in [0.15, 0.2) is 0 Å². The van der Waals surface area contributed by atoms with Crippen LogP contribution in [0, 0.1) is 19.7 Å². The number of hydrogen-bond donors (Lipinski definition) is 0. The molecule has 2 heterocycles. The summed E-state index contributed by atoms with van der Waals surface area (Å²) in [6, 6.07) is 12.5. The van der Waals surface area contributed by atoms with Crippen molar-refractivity contribution < 1.29 is 8.91 Å². The van der Waals surface area contributed by atoms with Crippen molar-refractivity contribution in [3.05, 3.63) is 75.7 Å². The van der Waals surface area contributed by atoms with Gasteiger partial charge in [-0.15, -0.1) is 11.3 Å². The summed E-state index contributed by atoms with van der Waals surface area (Å²) in [6.45, 7) is 4.15. The second kappa shape index (κ2) is 6.80. The SMILES string of the molecule is Cc1ccc(C)c(-c2csc(Cc3nc(-c4cccc(F)c4)no3)n2)c1. The lowest BCUT2D eigenvalue weighted by molar-refractivity contribution is 0.385. The highest BCUT2D eigenvalue weighted by Crippen LogP contribution is 2.27. The fraction of sp³-hybridized carbons (Fsp3) is 0.150. The first-order chi connectivity index (χ1) is 12.6. The maximum absolute atomic E-state index is 13.3. The third-order valence-corrected chi connectivity index (χ3v) is 4.92. The molecule has 0 unspecified atom stereocenters. The molecule has 0 atom stereocenters. The Morgan fingerprint density at radius 2 is 1.96 bits per heavy atom. The van der Waals surface area contributed by atoms with Crippen molar-refractivity contribution in [2.24, 2.45) is 0 Å². The van der Waals surface area contributed by atoms with E-state index in [1.54, 1.807) is 23.5 Å². The summed E-state index contributed by atoms with van der Waals surface area (Å²) in [4.78, 5) is 9.06. The first kappa shape index (κ1) is 16.6. The molecule has 0 aliphatic carbocycles. The molecule has 26 heavy (non-hydrogen) atoms. The van der Waals surface area contributed by atoms with Crippen LogP contribution in [0.15, 0.2) is 52.4 Å². The van der Waals surface area contributed by atoms with E-state index in [9.17, 15) is 4.39 Å². The lowest BCUT2D eigenvalue weighted by Gasteiger charge is -2.03. The zero-order valence-corrected chi connectivity index (χ0v) is 15.2. The zero-order valence-electron chi connectivity index (χ0n) is 14.4. The third-order valence-electron chi connectivity index (χ3n) is 4.07. The van der Waals surface area contributed by atoms with E-state index in [0.717, 1.165) is 16.3 Å². The van der Waals surface area contributed by atoms with Crippen molar-refractivity contribution in [3.63, 3.8) is 0 Å². The molecule has 2 aromatic carbocycles. The van der Waals surface area contributed by atoms with E-state index in [-0.39, 0.29) is 5.82 Å². The van der Waals surface area contributed by atoms with Crippen molar-refractivity contribution in [1.29, 1.82) is 0 Å². The summed E-state index contributed by atoms with van der Waals surface area (Å²) in [5.74, 6) is 0.517. The molecule has 0 N–H and O–H groups in total. The summed E-state index contributed by atoms with van der Waals surface area (Å²) in [5, 5.41) is 6.88. The molecule has 0 fully saturated rings. The van der Waals surface area contributed by atoms with Crippen LogP contribution in [0.4, 0.5) is 4.39 Å². The highest BCUT2D eigenvalue weighted by atomic mass is 32.1. The average Bonchev–Trinajstić information content (AvgIpc) is 3.27. The maximum atomic E-state index is 13.3. The number of hydrogen-bond acceptors (Lipinski definition) is 5. The summed E-state index contributed by atoms with van der Waals surface area (Å²) < 4.78 is 18.6. The number of aryl methyl sites for hydroxylation is 2. The van der Waals surface area contributed by atoms with Crippen LogP contribution in [0.5, 0.6) is 0 Å². The van der Waals surface area contributed by atoms with Gasteiger partial charge in [-0.1, -0.05) is 35.0 Å². The Bertz CT molecular complexity index is 1070. The largest absolute Gasteiger partial charge is 0.339 e. The minimum atomic E-state index is -0.327. The first-order valence-electron chi connectivity index (χ1n) is 8.19. The van der Waals surface area contributed by atoms with Gasteiger partial charge in [0.1, 0.15) is 10.8 Å². The van der Waals surface area contributed by atoms with E-state index >= 15 is 0 Å². The van der Waals surface area contributed by atoms with Gasteiger partial charge in [0, 0.05) is 16.5 Å². The highest BCUT2D eigenvalue weighted by Gasteiger charge is 2.13. The Hall–Kier alpha value is -2.86. The molecule has 4 rings (SSSR count). The summed E-state index contributed by atoms with van der Waals surface area (Å²) >= 11 is 1.56. The molecular weight excluding hydrogens is 349 g/mol. The second-order valence-electron chi connectivity index (χ2n) is 6.14. The minimum Gasteiger partial charge on any atom is -0.339 e. The quantitative estimate of drug-likeness (QED) is 0.498. The van der Waals surface area contributed by atoms with Crippen molar-refractivity contribution in [2.75, 3.05) is 0 Å². The molecule has 0 amide bonds. The van der Waals surface area contributed by atoms with Gasteiger partial charge in [0.05, 0.1) is 12.1 Å². The maximum Gasteiger partial charge on any atom is 0.233 e. The fourth-order valence-electron chi connectivity index (χ4n) is 2.73. The normalized spacial score (nSPS) is 11.0. The Morgan fingerprint density at radius 1 is 1.08 bits per heavy atom. The topological polar surface area (TPSA) is 51.8 Å². The van der Waals surface area contributed by atoms with E-state index in [0.29, 0.717) is 23.7 Å². The van der Waals surface area contributed by atoms with Crippen molar-refractivity contribution in [2.45, 2.75) is 20.3 Å². The Kier molecular flexibility index (Phi) is 4.34. The molecule has 0 aliphatic heterocycles. The molecule has 2 aromatic heterocycles. The van der Waals surface area contributed by atoms with Gasteiger partial charge in [-0.05, 0) is 37.6 Å². The second-order valence-corrected chi connectivity index (χ2v) is 7.09. The molecule has 0 saturated heterocycles. The molecule has 0 radical (unpaired) electrons. The summed E-state index contributed by atoms with van der Waals surface area (Å²) in [7, 11) is 0. The van der Waals surface area contributed by atoms with E-state index in [2.05, 4.69) is 42.2 Å². The number of benzene rings is 2. The third kappa shape index (κ3) is 3.41. The molecule has 6 heteroatoms. The fourth-order valence-corrected chi connectivity index (χ4v) is 3.51. The Labute approximate surface area is 154 Å². The van der Waals surface area contributed by atoms with Crippen molar-refractivity contribution in [1.82, 2.24) is 15.1 Å². The summed E-state index contributed by atoms with van der Waals surface area (Å²) in [6.07, 6.45) is 0.456. The number of rotatable bonds is 4. The molecule has 4 nitrogen and oxygen atoms in total. The molecule has 0 saturated carbocycles. The molecule has 0 spiro atoms. The minimum absolute atomic E-state index is 0.327. The number of thiazole rings is 1. The van der Waals surface area contributed by atoms with Crippen molar-refractivity contribution >= 4 is 11.3 Å². The van der Waals surface area contributed by atoms with Gasteiger partial charge in [0.25, 0.3) is 0 Å². The predicted molar refractivity (Wildman–Crippen MR) is 99.5 cm³/mol. The van der Waals surface area contributed by atoms with Crippen LogP contribution in [0.3, 0.4) is 0 Å². The lowest BCUT2D eigenvalue weighted by Crippen LogP contribution is -1.90. The van der Waals surface area contributed by atoms with Crippen LogP contribution < -0.4 is 0 Å². The van der Waals surface area contributed by atoms with Crippen LogP contribution in [0.2, 0.25) is 0 Å². The van der Waals surface area contributed by atoms with E-state index in [1.807, 2.05) is 5.38 Å². The van der Waals surface area contributed by atoms with Crippen LogP contribution in [0.25, 0.3) is 22.6 Å². The van der Waals surface area contributed by atoms with Gasteiger partial charge in [0.2, 0.25) is 11.7 Å². The smallest absolute Gasteiger partial charge is 0.233 e. The van der Waals surface area contributed by atoms with Crippen molar-refractivity contribution in [3.8, 4) is 22.6 Å². The molecule has 4 aromatic rings. The molecule has 0 bridgehead atoms. The van der Waals surface area contributed by atoms with Crippen LogP contribution in [-0.4, -0.2) is 15.1 Å². The number of aromatic nitrogens is 3. The zero-order chi connectivity index (χ0) is 18.1. The van der Waals surface area contributed by atoms with Crippen LogP contribution >= 0.6 is 11.3 Å². The van der Waals surface area contributed by atoms with Gasteiger partial charge in [-0.25, -0.2) is 9.37 Å². The first-order valence-corrected chi connectivity index (χ1v) is 9.07. The molecule has 130 valence electrons. The Balaban J connectivity index is 1.56. The predicted octanol–water partition coefficient (Wildman–Crippen LogP) is 5.21. The molecule has 0 aliphatic rings. The van der Waals surface area contributed by atoms with Gasteiger partial charge in [-0.2, -0.15) is 4.98 Å². The van der Waals surface area contributed by atoms with Crippen LogP contribution in [-0.2, 0) is 6.42 Å². The van der Waals surface area contributed by atoms with E-state index < -0.39 is 0 Å². The lowest BCUT2D eigenvalue weighted by atomic mass is 10.0. The summed E-state index contributed by atoms with van der Waals surface area (Å²) in [5.41, 5.74) is 5.08. The van der Waals surface area contributed by atoms with Gasteiger partial charge in [-0.3, -0.25) is 0 Å². The number of halogens is 1. The number of nitrogens with zero attached hydrogens (tertiary/aromatic N) is 3. The van der Waals surface area contributed by atoms with Gasteiger partial charge < -0.3 is 4.52 Å². The molecular formula is C20H16FN3OS.